The number of benzene rings is 1. The zero-order valence-electron chi connectivity index (χ0n) is 9.06. The van der Waals surface area contributed by atoms with Gasteiger partial charge in [0.2, 0.25) is 5.91 Å². The van der Waals surface area contributed by atoms with Gasteiger partial charge in [-0.3, -0.25) is 9.59 Å². The van der Waals surface area contributed by atoms with E-state index in [0.29, 0.717) is 23.5 Å². The minimum Gasteiger partial charge on any atom is -0.399 e. The Morgan fingerprint density at radius 1 is 1.41 bits per heavy atom. The normalized spacial score (nSPS) is 14.8. The molecule has 0 saturated heterocycles. The van der Waals surface area contributed by atoms with Gasteiger partial charge in [-0.2, -0.15) is 5.10 Å². The average Bonchev–Trinajstić information content (AvgIpc) is 2.29. The minimum absolute atomic E-state index is 0.175. The predicted octanol–water partition coefficient (Wildman–Crippen LogP) is 0.473. The molecule has 88 valence electrons. The highest BCUT2D eigenvalue weighted by molar-refractivity contribution is 6.43. The Kier molecular flexibility index (Phi) is 3.04. The molecule has 0 bridgehead atoms. The van der Waals surface area contributed by atoms with Crippen LogP contribution in [-0.2, 0) is 9.59 Å². The van der Waals surface area contributed by atoms with Crippen molar-refractivity contribution in [2.75, 3.05) is 11.1 Å². The summed E-state index contributed by atoms with van der Waals surface area (Å²) in [5.41, 5.74) is 9.36. The number of amides is 2. The number of hydrogen-bond donors (Lipinski definition) is 3. The smallest absolute Gasteiger partial charge is 0.271 e. The number of hydrogen-bond acceptors (Lipinski definition) is 4. The first-order valence-corrected chi connectivity index (χ1v) is 5.17. The summed E-state index contributed by atoms with van der Waals surface area (Å²) in [6, 6.07) is 6.86. The molecule has 0 spiro atoms. The van der Waals surface area contributed by atoms with E-state index in [2.05, 4.69) is 15.8 Å². The molecule has 6 heteroatoms. The molecular formula is C11H12N4O2. The number of hydrazone groups is 1. The van der Waals surface area contributed by atoms with E-state index in [1.54, 1.807) is 24.3 Å². The van der Waals surface area contributed by atoms with Gasteiger partial charge in [-0.05, 0) is 18.2 Å². The first kappa shape index (κ1) is 11.1. The van der Waals surface area contributed by atoms with Gasteiger partial charge in [-0.25, -0.2) is 5.43 Å². The largest absolute Gasteiger partial charge is 0.399 e. The van der Waals surface area contributed by atoms with Crippen LogP contribution in [0, 0.1) is 0 Å². The summed E-state index contributed by atoms with van der Waals surface area (Å²) >= 11 is 0. The van der Waals surface area contributed by atoms with Gasteiger partial charge in [0.15, 0.2) is 0 Å². The van der Waals surface area contributed by atoms with Crippen LogP contribution in [0.1, 0.15) is 12.8 Å². The van der Waals surface area contributed by atoms with E-state index < -0.39 is 0 Å². The molecule has 0 aliphatic carbocycles. The van der Waals surface area contributed by atoms with Crippen LogP contribution in [-0.4, -0.2) is 17.5 Å². The second-order valence-electron chi connectivity index (χ2n) is 3.67. The monoisotopic (exact) mass is 232 g/mol. The summed E-state index contributed by atoms with van der Waals surface area (Å²) in [5, 5.41) is 6.37. The molecular weight excluding hydrogens is 220 g/mol. The maximum atomic E-state index is 11.8. The van der Waals surface area contributed by atoms with Gasteiger partial charge in [-0.1, -0.05) is 6.07 Å². The summed E-state index contributed by atoms with van der Waals surface area (Å²) in [6.45, 7) is 0. The summed E-state index contributed by atoms with van der Waals surface area (Å²) in [6.07, 6.45) is 0.628. The number of carbonyl (C=O) groups is 2. The van der Waals surface area contributed by atoms with Crippen molar-refractivity contribution in [1.29, 1.82) is 0 Å². The van der Waals surface area contributed by atoms with Crippen LogP contribution < -0.4 is 16.5 Å². The second kappa shape index (κ2) is 4.65. The Morgan fingerprint density at radius 3 is 2.88 bits per heavy atom. The van der Waals surface area contributed by atoms with Gasteiger partial charge in [0, 0.05) is 24.2 Å². The number of rotatable bonds is 2. The molecule has 1 aromatic carbocycles. The lowest BCUT2D eigenvalue weighted by Gasteiger charge is -2.12. The molecule has 0 radical (unpaired) electrons. The van der Waals surface area contributed by atoms with Crippen LogP contribution >= 0.6 is 0 Å². The van der Waals surface area contributed by atoms with Crippen molar-refractivity contribution in [3.05, 3.63) is 24.3 Å². The van der Waals surface area contributed by atoms with Gasteiger partial charge < -0.3 is 11.1 Å². The molecule has 4 N–H and O–H groups in total. The summed E-state index contributed by atoms with van der Waals surface area (Å²) < 4.78 is 0. The van der Waals surface area contributed by atoms with Crippen LogP contribution in [0.2, 0.25) is 0 Å². The zero-order valence-corrected chi connectivity index (χ0v) is 9.06. The van der Waals surface area contributed by atoms with Crippen molar-refractivity contribution >= 4 is 28.9 Å². The van der Waals surface area contributed by atoms with Gasteiger partial charge >= 0.3 is 0 Å². The summed E-state index contributed by atoms with van der Waals surface area (Å²) in [7, 11) is 0. The molecule has 0 fully saturated rings. The van der Waals surface area contributed by atoms with Gasteiger partial charge in [0.05, 0.1) is 0 Å². The fourth-order valence-corrected chi connectivity index (χ4v) is 1.46. The average molecular weight is 232 g/mol. The molecule has 6 nitrogen and oxygen atoms in total. The Morgan fingerprint density at radius 2 is 2.24 bits per heavy atom. The minimum atomic E-state index is -0.324. The first-order valence-electron chi connectivity index (χ1n) is 5.17. The molecule has 0 atom stereocenters. The van der Waals surface area contributed by atoms with Crippen molar-refractivity contribution in [2.24, 2.45) is 5.10 Å². The van der Waals surface area contributed by atoms with Crippen LogP contribution in [0.5, 0.6) is 0 Å². The third-order valence-corrected chi connectivity index (χ3v) is 2.31. The lowest BCUT2D eigenvalue weighted by atomic mass is 10.1. The topological polar surface area (TPSA) is 96.6 Å². The van der Waals surface area contributed by atoms with Crippen LogP contribution in [0.25, 0.3) is 0 Å². The fraction of sp³-hybridized carbons (Fsp3) is 0.182. The van der Waals surface area contributed by atoms with Crippen molar-refractivity contribution in [3.63, 3.8) is 0 Å². The number of nitrogens with zero attached hydrogens (tertiary/aromatic N) is 1. The van der Waals surface area contributed by atoms with Gasteiger partial charge in [-0.15, -0.1) is 0 Å². The van der Waals surface area contributed by atoms with Crippen molar-refractivity contribution < 1.29 is 9.59 Å². The Bertz CT molecular complexity index is 496. The fourth-order valence-electron chi connectivity index (χ4n) is 1.46. The molecule has 1 aliphatic rings. The third-order valence-electron chi connectivity index (χ3n) is 2.31. The maximum Gasteiger partial charge on any atom is 0.271 e. The van der Waals surface area contributed by atoms with Crippen LogP contribution in [0.3, 0.4) is 0 Å². The molecule has 2 amide bonds. The highest BCUT2D eigenvalue weighted by Gasteiger charge is 2.18. The van der Waals surface area contributed by atoms with Crippen LogP contribution in [0.15, 0.2) is 29.4 Å². The molecule has 1 heterocycles. The Hall–Kier alpha value is -2.37. The summed E-state index contributed by atoms with van der Waals surface area (Å²) in [4.78, 5) is 22.6. The number of nitrogen functional groups attached to an aromatic ring is 1. The van der Waals surface area contributed by atoms with E-state index in [9.17, 15) is 9.59 Å². The van der Waals surface area contributed by atoms with E-state index in [4.69, 9.17) is 5.73 Å². The molecule has 0 saturated carbocycles. The quantitative estimate of drug-likeness (QED) is 0.647. The lowest BCUT2D eigenvalue weighted by Crippen LogP contribution is -2.32. The molecule has 2 rings (SSSR count). The number of anilines is 2. The van der Waals surface area contributed by atoms with Crippen LogP contribution in [0.4, 0.5) is 11.4 Å². The Balaban J connectivity index is 2.04. The second-order valence-corrected chi connectivity index (χ2v) is 3.67. The van der Waals surface area contributed by atoms with Crippen molar-refractivity contribution in [2.45, 2.75) is 12.8 Å². The van der Waals surface area contributed by atoms with Gasteiger partial charge in [0.25, 0.3) is 5.91 Å². The lowest BCUT2D eigenvalue weighted by molar-refractivity contribution is -0.121. The van der Waals surface area contributed by atoms with Crippen molar-refractivity contribution in [1.82, 2.24) is 5.43 Å². The standard InChI is InChI=1S/C11H12N4O2/c12-7-2-1-3-8(6-7)13-11(17)9-4-5-10(16)15-14-9/h1-3,6H,4-5,12H2,(H,13,17)(H,15,16). The molecule has 0 unspecified atom stereocenters. The predicted molar refractivity (Wildman–Crippen MR) is 64.3 cm³/mol. The molecule has 1 aromatic rings. The van der Waals surface area contributed by atoms with E-state index >= 15 is 0 Å². The van der Waals surface area contributed by atoms with E-state index in [1.807, 2.05) is 0 Å². The van der Waals surface area contributed by atoms with Gasteiger partial charge in [0.1, 0.15) is 5.71 Å². The third kappa shape index (κ3) is 2.81. The highest BCUT2D eigenvalue weighted by atomic mass is 16.2. The Labute approximate surface area is 97.9 Å². The first-order chi connectivity index (χ1) is 8.15. The molecule has 0 aromatic heterocycles. The molecule has 17 heavy (non-hydrogen) atoms. The molecule has 1 aliphatic heterocycles. The van der Waals surface area contributed by atoms with E-state index in [1.165, 1.54) is 0 Å². The number of carbonyl (C=O) groups excluding carboxylic acids is 2. The zero-order chi connectivity index (χ0) is 12.3. The number of nitrogens with two attached hydrogens (primary N) is 1. The van der Waals surface area contributed by atoms with Crippen molar-refractivity contribution in [3.8, 4) is 0 Å². The van der Waals surface area contributed by atoms with E-state index in [-0.39, 0.29) is 18.2 Å². The maximum absolute atomic E-state index is 11.8. The number of nitrogens with one attached hydrogen (secondary N) is 2. The van der Waals surface area contributed by atoms with E-state index in [0.717, 1.165) is 0 Å². The highest BCUT2D eigenvalue weighted by Crippen LogP contribution is 2.12. The summed E-state index contributed by atoms with van der Waals surface area (Å²) in [5.74, 6) is -0.499. The SMILES string of the molecule is Nc1cccc(NC(=O)C2=NNC(=O)CC2)c1.